The van der Waals surface area contributed by atoms with Crippen LogP contribution in [0.4, 0.5) is 26.3 Å². The molecule has 0 heterocycles. The van der Waals surface area contributed by atoms with Crippen molar-refractivity contribution in [1.29, 1.82) is 0 Å². The minimum atomic E-state index is -5.47. The molecule has 0 radical (unpaired) electrons. The van der Waals surface area contributed by atoms with Crippen LogP contribution in [0.25, 0.3) is 0 Å². The van der Waals surface area contributed by atoms with Gasteiger partial charge in [-0.1, -0.05) is 13.8 Å². The number of halogens is 6. The highest BCUT2D eigenvalue weighted by Crippen LogP contribution is 2.17. The number of alkyl halides is 6. The highest BCUT2D eigenvalue weighted by molar-refractivity contribution is 5.92. The minimum Gasteiger partial charge on any atom is -0.467 e. The highest BCUT2D eigenvalue weighted by atomic mass is 19.4. The second-order valence-electron chi connectivity index (χ2n) is 5.83. The van der Waals surface area contributed by atoms with Crippen LogP contribution in [0.3, 0.4) is 0 Å². The number of carbonyl (C=O) groups is 4. The molecule has 162 valence electrons. The van der Waals surface area contributed by atoms with Gasteiger partial charge in [0.05, 0.1) is 7.11 Å². The van der Waals surface area contributed by atoms with Crippen LogP contribution in [0.15, 0.2) is 0 Å². The monoisotopic (exact) mass is 424 g/mol. The molecular weight excluding hydrogens is 406 g/mol. The van der Waals surface area contributed by atoms with Gasteiger partial charge in [-0.15, -0.1) is 0 Å². The lowest BCUT2D eigenvalue weighted by molar-refractivity contribution is -0.200. The molecule has 2 N–H and O–H groups in total. The van der Waals surface area contributed by atoms with Crippen molar-refractivity contribution in [2.24, 2.45) is 5.92 Å². The fraction of sp³-hybridized carbons (Fsp3) is 0.714. The second-order valence-corrected chi connectivity index (χ2v) is 5.83. The van der Waals surface area contributed by atoms with Crippen molar-refractivity contribution in [3.8, 4) is 0 Å². The molecule has 2 amide bonds. The van der Waals surface area contributed by atoms with E-state index < -0.39 is 54.8 Å². The maximum Gasteiger partial charge on any atom is 0.490 e. The Labute approximate surface area is 154 Å². The first-order chi connectivity index (χ1) is 12.6. The number of amides is 2. The van der Waals surface area contributed by atoms with Gasteiger partial charge in [-0.3, -0.25) is 9.59 Å². The van der Waals surface area contributed by atoms with Gasteiger partial charge in [0, 0.05) is 0 Å². The summed E-state index contributed by atoms with van der Waals surface area (Å²) in [5, 5.41) is 3.06. The molecule has 28 heavy (non-hydrogen) atoms. The summed E-state index contributed by atoms with van der Waals surface area (Å²) in [5.74, 6) is -8.10. The van der Waals surface area contributed by atoms with Crippen molar-refractivity contribution in [2.75, 3.05) is 13.7 Å². The molecule has 0 aromatic carbocycles. The van der Waals surface area contributed by atoms with E-state index in [-0.39, 0.29) is 12.3 Å². The number of rotatable bonds is 8. The van der Waals surface area contributed by atoms with E-state index in [4.69, 9.17) is 0 Å². The number of esters is 2. The Hall–Kier alpha value is -2.54. The highest BCUT2D eigenvalue weighted by Gasteiger charge is 2.44. The summed E-state index contributed by atoms with van der Waals surface area (Å²) >= 11 is 0. The van der Waals surface area contributed by atoms with Crippen molar-refractivity contribution in [2.45, 2.75) is 44.7 Å². The molecule has 0 unspecified atom stereocenters. The van der Waals surface area contributed by atoms with E-state index in [0.29, 0.717) is 0 Å². The quantitative estimate of drug-likeness (QED) is 0.442. The lowest BCUT2D eigenvalue weighted by Crippen LogP contribution is -2.56. The molecule has 0 bridgehead atoms. The summed E-state index contributed by atoms with van der Waals surface area (Å²) in [4.78, 5) is 45.5. The first kappa shape index (κ1) is 25.5. The first-order valence-electron chi connectivity index (χ1n) is 7.59. The zero-order chi connectivity index (χ0) is 22.3. The van der Waals surface area contributed by atoms with Gasteiger partial charge in [-0.05, 0) is 12.3 Å². The number of carbonyl (C=O) groups excluding carboxylic acids is 4. The first-order valence-corrected chi connectivity index (χ1v) is 7.59. The average Bonchev–Trinajstić information content (AvgIpc) is 2.54. The molecule has 0 rings (SSSR count). The Morgan fingerprint density at radius 1 is 0.893 bits per heavy atom. The van der Waals surface area contributed by atoms with Gasteiger partial charge >= 0.3 is 30.2 Å². The van der Waals surface area contributed by atoms with Gasteiger partial charge in [0.15, 0.2) is 0 Å². The van der Waals surface area contributed by atoms with Crippen LogP contribution in [0, 0.1) is 5.92 Å². The molecule has 0 saturated carbocycles. The summed E-state index contributed by atoms with van der Waals surface area (Å²) in [6.07, 6.45) is -11.0. The van der Waals surface area contributed by atoms with Crippen LogP contribution in [-0.2, 0) is 28.7 Å². The van der Waals surface area contributed by atoms with Gasteiger partial charge in [0.2, 0.25) is 5.91 Å². The second kappa shape index (κ2) is 10.1. The fourth-order valence-corrected chi connectivity index (χ4v) is 1.76. The predicted octanol–water partition coefficient (Wildman–Crippen LogP) is 0.843. The third-order valence-corrected chi connectivity index (χ3v) is 3.00. The maximum atomic E-state index is 12.4. The lowest BCUT2D eigenvalue weighted by atomic mass is 10.0. The van der Waals surface area contributed by atoms with Crippen LogP contribution in [0.1, 0.15) is 20.3 Å². The molecule has 0 fully saturated rings. The summed E-state index contributed by atoms with van der Waals surface area (Å²) in [6.45, 7) is 1.72. The Morgan fingerprint density at radius 3 is 1.82 bits per heavy atom. The molecule has 2 atom stereocenters. The summed E-state index contributed by atoms with van der Waals surface area (Å²) in [7, 11) is 0.968. The normalized spacial score (nSPS) is 14.1. The van der Waals surface area contributed by atoms with Crippen molar-refractivity contribution in [1.82, 2.24) is 10.6 Å². The molecule has 0 aliphatic carbocycles. The molecule has 0 saturated heterocycles. The number of ether oxygens (including phenoxy) is 2. The Bertz CT molecular complexity index is 590. The number of hydrogen-bond donors (Lipinski definition) is 2. The van der Waals surface area contributed by atoms with Gasteiger partial charge in [0.25, 0.3) is 0 Å². The molecular formula is C14H18F6N2O6. The van der Waals surface area contributed by atoms with Crippen molar-refractivity contribution < 1.29 is 55.0 Å². The number of methoxy groups -OCH3 is 1. The van der Waals surface area contributed by atoms with Gasteiger partial charge < -0.3 is 20.1 Å². The van der Waals surface area contributed by atoms with E-state index in [0.717, 1.165) is 12.4 Å². The molecule has 0 aromatic heterocycles. The minimum absolute atomic E-state index is 0.0271. The van der Waals surface area contributed by atoms with E-state index in [9.17, 15) is 45.5 Å². The van der Waals surface area contributed by atoms with Crippen molar-refractivity contribution in [3.05, 3.63) is 0 Å². The fourth-order valence-electron chi connectivity index (χ4n) is 1.76. The zero-order valence-corrected chi connectivity index (χ0v) is 14.9. The number of nitrogens with one attached hydrogen (secondary N) is 2. The Morgan fingerprint density at radius 2 is 1.43 bits per heavy atom. The van der Waals surface area contributed by atoms with Crippen LogP contribution in [0.5, 0.6) is 0 Å². The van der Waals surface area contributed by atoms with Crippen LogP contribution in [0.2, 0.25) is 0 Å². The van der Waals surface area contributed by atoms with Crippen LogP contribution < -0.4 is 10.6 Å². The van der Waals surface area contributed by atoms with Gasteiger partial charge in [-0.25, -0.2) is 9.59 Å². The molecule has 0 aliphatic heterocycles. The topological polar surface area (TPSA) is 111 Å². The van der Waals surface area contributed by atoms with Crippen LogP contribution >= 0.6 is 0 Å². The molecule has 0 spiro atoms. The van der Waals surface area contributed by atoms with Crippen LogP contribution in [-0.4, -0.2) is 61.9 Å². The molecule has 14 heteroatoms. The SMILES string of the molecule is COC(=O)[C@H](CC(C)C)NC(=O)[C@H](COC(=O)C(F)(F)F)NC(=O)C(F)(F)F. The van der Waals surface area contributed by atoms with E-state index >= 15 is 0 Å². The Kier molecular flexibility index (Phi) is 9.21. The maximum absolute atomic E-state index is 12.4. The van der Waals surface area contributed by atoms with Crippen molar-refractivity contribution >= 4 is 23.8 Å². The zero-order valence-electron chi connectivity index (χ0n) is 14.9. The lowest BCUT2D eigenvalue weighted by Gasteiger charge is -2.23. The third-order valence-electron chi connectivity index (χ3n) is 3.00. The van der Waals surface area contributed by atoms with Gasteiger partial charge in [0.1, 0.15) is 18.7 Å². The van der Waals surface area contributed by atoms with Crippen molar-refractivity contribution in [3.63, 3.8) is 0 Å². The molecule has 8 nitrogen and oxygen atoms in total. The largest absolute Gasteiger partial charge is 0.490 e. The molecule has 0 aliphatic rings. The standard InChI is InChI=1S/C14H18F6N2O6/c1-6(2)4-7(10(24)27-3)21-9(23)8(22-11(25)13(15,16)17)5-28-12(26)14(18,19)20/h6-8H,4-5H2,1-3H3,(H,21,23)(H,22,25)/t7-,8-/m0/s1. The van der Waals surface area contributed by atoms with E-state index in [2.05, 4.69) is 9.47 Å². The predicted molar refractivity (Wildman–Crippen MR) is 78.4 cm³/mol. The average molecular weight is 424 g/mol. The summed E-state index contributed by atoms with van der Waals surface area (Å²) in [6, 6.07) is -3.71. The third kappa shape index (κ3) is 8.90. The van der Waals surface area contributed by atoms with E-state index in [1.165, 1.54) is 0 Å². The Balaban J connectivity index is 5.39. The van der Waals surface area contributed by atoms with E-state index in [1.54, 1.807) is 13.8 Å². The smallest absolute Gasteiger partial charge is 0.467 e. The van der Waals surface area contributed by atoms with Gasteiger partial charge in [-0.2, -0.15) is 26.3 Å². The molecule has 0 aromatic rings. The summed E-state index contributed by atoms with van der Waals surface area (Å²) in [5.41, 5.74) is 0. The number of hydrogen-bond acceptors (Lipinski definition) is 6. The summed E-state index contributed by atoms with van der Waals surface area (Å²) < 4.78 is 81.7. The van der Waals surface area contributed by atoms with E-state index in [1.807, 2.05) is 5.32 Å².